The predicted octanol–water partition coefficient (Wildman–Crippen LogP) is 3.39. The molecule has 1 aromatic carbocycles. The first kappa shape index (κ1) is 19.7. The lowest BCUT2D eigenvalue weighted by atomic mass is 10.1. The van der Waals surface area contributed by atoms with Crippen LogP contribution in [-0.2, 0) is 19.0 Å². The first-order valence-corrected chi connectivity index (χ1v) is 9.92. The Morgan fingerprint density at radius 1 is 1.24 bits per heavy atom. The molecule has 2 rings (SSSR count). The maximum Gasteiger partial charge on any atom is 0.407 e. The zero-order chi connectivity index (χ0) is 18.7. The Balaban J connectivity index is 1.83. The molecule has 0 heterocycles. The number of alkyl carbamates (subject to hydrolysis) is 1. The Bertz CT molecular complexity index is 708. The molecule has 1 fully saturated rings. The van der Waals surface area contributed by atoms with Crippen LogP contribution in [0.4, 0.5) is 4.79 Å². The van der Waals surface area contributed by atoms with E-state index in [1.807, 2.05) is 20.8 Å². The second-order valence-electron chi connectivity index (χ2n) is 7.53. The third kappa shape index (κ3) is 6.01. The first-order valence-electron chi connectivity index (χ1n) is 8.51. The zero-order valence-electron chi connectivity index (χ0n) is 15.2. The Kier molecular flexibility index (Phi) is 6.11. The molecular formula is C18H27NO5S. The van der Waals surface area contributed by atoms with Gasteiger partial charge in [-0.25, -0.2) is 4.79 Å². The van der Waals surface area contributed by atoms with Gasteiger partial charge in [-0.1, -0.05) is 18.2 Å². The standard InChI is InChI=1S/C18H27NO5S/c1-13-7-5-6-8-16(13)25(21,22)23-12-14-9-10-15(11-14)19-17(20)24-18(2,3)4/h5-8,14-15H,9-12H2,1-4H3,(H,19,20)/t14-,15+/m0/s1. The van der Waals surface area contributed by atoms with Gasteiger partial charge in [-0.15, -0.1) is 0 Å². The van der Waals surface area contributed by atoms with Crippen LogP contribution in [-0.4, -0.2) is 32.8 Å². The van der Waals surface area contributed by atoms with E-state index in [1.165, 1.54) is 0 Å². The third-order valence-corrected chi connectivity index (χ3v) is 5.53. The number of nitrogens with one attached hydrogen (secondary N) is 1. The highest BCUT2D eigenvalue weighted by molar-refractivity contribution is 7.86. The van der Waals surface area contributed by atoms with Crippen LogP contribution >= 0.6 is 0 Å². The molecule has 1 amide bonds. The number of rotatable bonds is 5. The molecule has 1 aliphatic carbocycles. The number of benzene rings is 1. The fourth-order valence-electron chi connectivity index (χ4n) is 2.92. The van der Waals surface area contributed by atoms with Crippen molar-refractivity contribution in [1.82, 2.24) is 5.32 Å². The van der Waals surface area contributed by atoms with E-state index in [0.29, 0.717) is 12.0 Å². The highest BCUT2D eigenvalue weighted by Gasteiger charge is 2.29. The molecule has 25 heavy (non-hydrogen) atoms. The number of amides is 1. The minimum atomic E-state index is -3.76. The van der Waals surface area contributed by atoms with Crippen LogP contribution in [0.15, 0.2) is 29.2 Å². The van der Waals surface area contributed by atoms with E-state index in [4.69, 9.17) is 8.92 Å². The van der Waals surface area contributed by atoms with Crippen LogP contribution in [0.5, 0.6) is 0 Å². The van der Waals surface area contributed by atoms with E-state index in [9.17, 15) is 13.2 Å². The summed E-state index contributed by atoms with van der Waals surface area (Å²) in [5.41, 5.74) is 0.130. The van der Waals surface area contributed by atoms with Gasteiger partial charge in [-0.05, 0) is 64.5 Å². The summed E-state index contributed by atoms with van der Waals surface area (Å²) in [7, 11) is -3.76. The fourth-order valence-corrected chi connectivity index (χ4v) is 4.12. The molecular weight excluding hydrogens is 342 g/mol. The van der Waals surface area contributed by atoms with Crippen molar-refractivity contribution in [2.45, 2.75) is 63.5 Å². The van der Waals surface area contributed by atoms with Crippen molar-refractivity contribution >= 4 is 16.2 Å². The molecule has 7 heteroatoms. The molecule has 1 aromatic rings. The molecule has 0 spiro atoms. The topological polar surface area (TPSA) is 81.7 Å². The lowest BCUT2D eigenvalue weighted by molar-refractivity contribution is 0.0503. The van der Waals surface area contributed by atoms with Gasteiger partial charge in [0.25, 0.3) is 10.1 Å². The third-order valence-electron chi connectivity index (χ3n) is 4.08. The average molecular weight is 369 g/mol. The Morgan fingerprint density at radius 2 is 1.92 bits per heavy atom. The van der Waals surface area contributed by atoms with Gasteiger partial charge in [-0.3, -0.25) is 4.18 Å². The molecule has 140 valence electrons. The molecule has 0 saturated heterocycles. The van der Waals surface area contributed by atoms with Crippen molar-refractivity contribution < 1.29 is 22.1 Å². The van der Waals surface area contributed by atoms with E-state index in [2.05, 4.69) is 5.32 Å². The summed E-state index contributed by atoms with van der Waals surface area (Å²) >= 11 is 0. The summed E-state index contributed by atoms with van der Waals surface area (Å²) in [5, 5.41) is 2.84. The van der Waals surface area contributed by atoms with Crippen LogP contribution in [0.3, 0.4) is 0 Å². The average Bonchev–Trinajstić information content (AvgIpc) is 2.91. The Morgan fingerprint density at radius 3 is 2.56 bits per heavy atom. The van der Waals surface area contributed by atoms with Crippen molar-refractivity contribution in [3.63, 3.8) is 0 Å². The SMILES string of the molecule is Cc1ccccc1S(=O)(=O)OC[C@H]1CC[C@@H](NC(=O)OC(C)(C)C)C1. The van der Waals surface area contributed by atoms with Crippen LogP contribution in [0.2, 0.25) is 0 Å². The summed E-state index contributed by atoms with van der Waals surface area (Å²) in [6.07, 6.45) is 1.84. The van der Waals surface area contributed by atoms with Gasteiger partial charge in [-0.2, -0.15) is 8.42 Å². The molecule has 0 unspecified atom stereocenters. The summed E-state index contributed by atoms with van der Waals surface area (Å²) < 4.78 is 35.1. The number of hydrogen-bond acceptors (Lipinski definition) is 5. The van der Waals surface area contributed by atoms with E-state index < -0.39 is 21.8 Å². The van der Waals surface area contributed by atoms with Crippen molar-refractivity contribution in [2.24, 2.45) is 5.92 Å². The summed E-state index contributed by atoms with van der Waals surface area (Å²) in [5.74, 6) is 0.0960. The van der Waals surface area contributed by atoms with E-state index in [0.717, 1.165) is 12.8 Å². The number of hydrogen-bond donors (Lipinski definition) is 1. The maximum absolute atomic E-state index is 12.3. The number of carbonyl (C=O) groups excluding carboxylic acids is 1. The molecule has 1 N–H and O–H groups in total. The second-order valence-corrected chi connectivity index (χ2v) is 9.11. The van der Waals surface area contributed by atoms with Crippen molar-refractivity contribution in [1.29, 1.82) is 0 Å². The Hall–Kier alpha value is -1.60. The monoisotopic (exact) mass is 369 g/mol. The highest BCUT2D eigenvalue weighted by atomic mass is 32.2. The van der Waals surface area contributed by atoms with E-state index in [-0.39, 0.29) is 23.5 Å². The van der Waals surface area contributed by atoms with Crippen molar-refractivity contribution in [2.75, 3.05) is 6.61 Å². The molecule has 1 saturated carbocycles. The highest BCUT2D eigenvalue weighted by Crippen LogP contribution is 2.28. The van der Waals surface area contributed by atoms with Gasteiger partial charge in [0.2, 0.25) is 0 Å². The van der Waals surface area contributed by atoms with Gasteiger partial charge in [0, 0.05) is 6.04 Å². The number of carbonyl (C=O) groups is 1. The minimum absolute atomic E-state index is 0.00962. The summed E-state index contributed by atoms with van der Waals surface area (Å²) in [4.78, 5) is 12.0. The molecule has 0 aliphatic heterocycles. The van der Waals surface area contributed by atoms with Crippen LogP contribution in [0.1, 0.15) is 45.6 Å². The quantitative estimate of drug-likeness (QED) is 0.805. The number of ether oxygens (including phenoxy) is 1. The Labute approximate surface area is 150 Å². The molecule has 0 aromatic heterocycles. The predicted molar refractivity (Wildman–Crippen MR) is 94.8 cm³/mol. The van der Waals surface area contributed by atoms with Crippen LogP contribution in [0, 0.1) is 12.8 Å². The van der Waals surface area contributed by atoms with Crippen LogP contribution in [0.25, 0.3) is 0 Å². The maximum atomic E-state index is 12.3. The van der Waals surface area contributed by atoms with Crippen molar-refractivity contribution in [3.8, 4) is 0 Å². The summed E-state index contributed by atoms with van der Waals surface area (Å²) in [6, 6.07) is 6.75. The fraction of sp³-hybridized carbons (Fsp3) is 0.611. The number of aryl methyl sites for hydroxylation is 1. The second kappa shape index (κ2) is 7.74. The van der Waals surface area contributed by atoms with E-state index >= 15 is 0 Å². The largest absolute Gasteiger partial charge is 0.444 e. The van der Waals surface area contributed by atoms with E-state index in [1.54, 1.807) is 31.2 Å². The van der Waals surface area contributed by atoms with Gasteiger partial charge in [0.1, 0.15) is 5.60 Å². The van der Waals surface area contributed by atoms with Gasteiger partial charge in [0.15, 0.2) is 0 Å². The lowest BCUT2D eigenvalue weighted by Crippen LogP contribution is -2.38. The molecule has 6 nitrogen and oxygen atoms in total. The molecule has 2 atom stereocenters. The van der Waals surface area contributed by atoms with Gasteiger partial charge >= 0.3 is 6.09 Å². The normalized spacial score (nSPS) is 21.1. The molecule has 1 aliphatic rings. The van der Waals surface area contributed by atoms with Gasteiger partial charge in [0.05, 0.1) is 11.5 Å². The lowest BCUT2D eigenvalue weighted by Gasteiger charge is -2.21. The smallest absolute Gasteiger partial charge is 0.407 e. The van der Waals surface area contributed by atoms with Crippen LogP contribution < -0.4 is 5.32 Å². The van der Waals surface area contributed by atoms with Gasteiger partial charge < -0.3 is 10.1 Å². The first-order chi connectivity index (χ1) is 11.6. The zero-order valence-corrected chi connectivity index (χ0v) is 16.1. The summed E-state index contributed by atoms with van der Waals surface area (Å²) in [6.45, 7) is 7.31. The minimum Gasteiger partial charge on any atom is -0.444 e. The molecule has 0 radical (unpaired) electrons. The van der Waals surface area contributed by atoms with Crippen molar-refractivity contribution in [3.05, 3.63) is 29.8 Å². The molecule has 0 bridgehead atoms.